The fraction of sp³-hybridized carbons (Fsp3) is 0.0714. The van der Waals surface area contributed by atoms with E-state index in [4.69, 9.17) is 10.00 Å². The molecule has 0 N–H and O–H groups in total. The molecule has 0 atom stereocenters. The Morgan fingerprint density at radius 3 is 2.47 bits per heavy atom. The molecule has 0 saturated carbocycles. The van der Waals surface area contributed by atoms with Crippen LogP contribution in [0, 0.1) is 24.1 Å². The number of ether oxygens (including phenoxy) is 1. The van der Waals surface area contributed by atoms with Crippen LogP contribution in [0.5, 0.6) is 11.5 Å². The minimum atomic E-state index is -0.572. The molecule has 2 aromatic carbocycles. The van der Waals surface area contributed by atoms with E-state index in [2.05, 4.69) is 0 Å². The van der Waals surface area contributed by atoms with Gasteiger partial charge in [0.2, 0.25) is 0 Å². The largest absolute Gasteiger partial charge is 0.456 e. The van der Waals surface area contributed by atoms with Crippen LogP contribution in [0.3, 0.4) is 0 Å². The maximum Gasteiger partial charge on any atom is 0.148 e. The van der Waals surface area contributed by atoms with Gasteiger partial charge in [0, 0.05) is 0 Å². The number of rotatable bonds is 2. The lowest BCUT2D eigenvalue weighted by molar-refractivity contribution is 0.474. The normalized spacial score (nSPS) is 9.71. The number of nitriles is 1. The van der Waals surface area contributed by atoms with Crippen LogP contribution < -0.4 is 4.74 Å². The van der Waals surface area contributed by atoms with Gasteiger partial charge in [0.15, 0.2) is 0 Å². The average molecular weight is 227 g/mol. The van der Waals surface area contributed by atoms with E-state index < -0.39 is 5.82 Å². The highest BCUT2D eigenvalue weighted by Crippen LogP contribution is 2.26. The second-order valence-corrected chi connectivity index (χ2v) is 3.64. The Morgan fingerprint density at radius 1 is 1.12 bits per heavy atom. The fourth-order valence-electron chi connectivity index (χ4n) is 1.43. The third-order valence-electron chi connectivity index (χ3n) is 2.34. The van der Waals surface area contributed by atoms with Gasteiger partial charge in [-0.3, -0.25) is 0 Å². The molecule has 2 nitrogen and oxygen atoms in total. The Hall–Kier alpha value is -2.34. The predicted molar refractivity (Wildman–Crippen MR) is 62.4 cm³/mol. The molecule has 0 aromatic heterocycles. The molecule has 17 heavy (non-hydrogen) atoms. The summed E-state index contributed by atoms with van der Waals surface area (Å²) in [6.07, 6.45) is 0. The van der Waals surface area contributed by atoms with Crippen molar-refractivity contribution < 1.29 is 9.13 Å². The van der Waals surface area contributed by atoms with Crippen molar-refractivity contribution in [3.63, 3.8) is 0 Å². The summed E-state index contributed by atoms with van der Waals surface area (Å²) in [5, 5.41) is 8.85. The summed E-state index contributed by atoms with van der Waals surface area (Å²) in [4.78, 5) is 0. The van der Waals surface area contributed by atoms with Crippen LogP contribution in [0.2, 0.25) is 0 Å². The minimum absolute atomic E-state index is 0.0759. The van der Waals surface area contributed by atoms with Crippen LogP contribution in [0.1, 0.15) is 11.1 Å². The first-order valence-electron chi connectivity index (χ1n) is 5.14. The molecular weight excluding hydrogens is 217 g/mol. The van der Waals surface area contributed by atoms with E-state index in [0.29, 0.717) is 5.75 Å². The van der Waals surface area contributed by atoms with Crippen molar-refractivity contribution in [1.29, 1.82) is 5.26 Å². The smallest absolute Gasteiger partial charge is 0.148 e. The molecule has 0 bridgehead atoms. The topological polar surface area (TPSA) is 33.0 Å². The fourth-order valence-corrected chi connectivity index (χ4v) is 1.43. The van der Waals surface area contributed by atoms with Gasteiger partial charge in [0.1, 0.15) is 28.9 Å². The van der Waals surface area contributed by atoms with E-state index in [1.807, 2.05) is 19.1 Å². The van der Waals surface area contributed by atoms with Gasteiger partial charge in [-0.2, -0.15) is 5.26 Å². The molecule has 0 aliphatic carbocycles. The molecule has 0 saturated heterocycles. The quantitative estimate of drug-likeness (QED) is 0.781. The van der Waals surface area contributed by atoms with Crippen LogP contribution in [0.25, 0.3) is 0 Å². The first-order valence-corrected chi connectivity index (χ1v) is 5.14. The van der Waals surface area contributed by atoms with Gasteiger partial charge in [-0.25, -0.2) is 4.39 Å². The Kier molecular flexibility index (Phi) is 3.06. The lowest BCUT2D eigenvalue weighted by Crippen LogP contribution is -1.91. The summed E-state index contributed by atoms with van der Waals surface area (Å²) in [5.74, 6) is 0.242. The second-order valence-electron chi connectivity index (χ2n) is 3.64. The highest BCUT2D eigenvalue weighted by atomic mass is 19.1. The number of benzene rings is 2. The molecule has 0 amide bonds. The maximum absolute atomic E-state index is 13.3. The lowest BCUT2D eigenvalue weighted by Gasteiger charge is -2.07. The standard InChI is InChI=1S/C14H10FNO/c1-10-5-7-11(8-6-10)17-14-4-2-3-13(15)12(14)9-16/h2-8H,1H3. The van der Waals surface area contributed by atoms with E-state index in [0.717, 1.165) is 5.56 Å². The molecule has 2 rings (SSSR count). The molecule has 3 heteroatoms. The zero-order valence-corrected chi connectivity index (χ0v) is 9.27. The predicted octanol–water partition coefficient (Wildman–Crippen LogP) is 3.80. The Balaban J connectivity index is 2.34. The molecule has 0 heterocycles. The van der Waals surface area contributed by atoms with Crippen LogP contribution in [-0.4, -0.2) is 0 Å². The van der Waals surface area contributed by atoms with Crippen molar-refractivity contribution in [2.45, 2.75) is 6.92 Å². The summed E-state index contributed by atoms with van der Waals surface area (Å²) in [6.45, 7) is 1.96. The van der Waals surface area contributed by atoms with Crippen LogP contribution in [-0.2, 0) is 0 Å². The zero-order valence-electron chi connectivity index (χ0n) is 9.27. The van der Waals surface area contributed by atoms with Gasteiger partial charge in [0.25, 0.3) is 0 Å². The van der Waals surface area contributed by atoms with Crippen LogP contribution in [0.15, 0.2) is 42.5 Å². The number of halogens is 1. The molecular formula is C14H10FNO. The van der Waals surface area contributed by atoms with E-state index >= 15 is 0 Å². The van der Waals surface area contributed by atoms with E-state index in [1.165, 1.54) is 12.1 Å². The van der Waals surface area contributed by atoms with Gasteiger partial charge < -0.3 is 4.74 Å². The molecule has 0 unspecified atom stereocenters. The summed E-state index contributed by atoms with van der Waals surface area (Å²) in [5.41, 5.74) is 1.03. The van der Waals surface area contributed by atoms with E-state index in [-0.39, 0.29) is 11.3 Å². The van der Waals surface area contributed by atoms with Gasteiger partial charge in [-0.05, 0) is 31.2 Å². The van der Waals surface area contributed by atoms with Gasteiger partial charge >= 0.3 is 0 Å². The highest BCUT2D eigenvalue weighted by Gasteiger charge is 2.09. The van der Waals surface area contributed by atoms with Crippen molar-refractivity contribution in [1.82, 2.24) is 0 Å². The highest BCUT2D eigenvalue weighted by molar-refractivity contribution is 5.46. The number of nitrogens with zero attached hydrogens (tertiary/aromatic N) is 1. The van der Waals surface area contributed by atoms with Crippen molar-refractivity contribution in [2.24, 2.45) is 0 Å². The Labute approximate surface area is 98.9 Å². The molecule has 0 radical (unpaired) electrons. The summed E-state index contributed by atoms with van der Waals surface area (Å²) < 4.78 is 18.8. The Morgan fingerprint density at radius 2 is 1.82 bits per heavy atom. The molecule has 0 fully saturated rings. The van der Waals surface area contributed by atoms with Gasteiger partial charge in [-0.1, -0.05) is 23.8 Å². The average Bonchev–Trinajstić information content (AvgIpc) is 2.32. The van der Waals surface area contributed by atoms with Gasteiger partial charge in [0.05, 0.1) is 0 Å². The van der Waals surface area contributed by atoms with Crippen molar-refractivity contribution in [3.05, 3.63) is 59.4 Å². The minimum Gasteiger partial charge on any atom is -0.456 e. The molecule has 0 spiro atoms. The second kappa shape index (κ2) is 4.67. The van der Waals surface area contributed by atoms with Crippen LogP contribution in [0.4, 0.5) is 4.39 Å². The van der Waals surface area contributed by atoms with Crippen molar-refractivity contribution in [2.75, 3.05) is 0 Å². The third-order valence-corrected chi connectivity index (χ3v) is 2.34. The molecule has 0 aliphatic rings. The van der Waals surface area contributed by atoms with E-state index in [9.17, 15) is 4.39 Å². The van der Waals surface area contributed by atoms with Gasteiger partial charge in [-0.15, -0.1) is 0 Å². The molecule has 0 aliphatic heterocycles. The number of aryl methyl sites for hydroxylation is 1. The molecule has 2 aromatic rings. The zero-order chi connectivity index (χ0) is 12.3. The first-order chi connectivity index (χ1) is 8.20. The van der Waals surface area contributed by atoms with E-state index in [1.54, 1.807) is 24.3 Å². The first kappa shape index (κ1) is 11.2. The lowest BCUT2D eigenvalue weighted by atomic mass is 10.2. The number of hydrogen-bond donors (Lipinski definition) is 0. The summed E-state index contributed by atoms with van der Waals surface area (Å²) in [7, 11) is 0. The molecule has 84 valence electrons. The third kappa shape index (κ3) is 2.43. The van der Waals surface area contributed by atoms with Crippen molar-refractivity contribution in [3.8, 4) is 17.6 Å². The Bertz CT molecular complexity index is 570. The SMILES string of the molecule is Cc1ccc(Oc2cccc(F)c2C#N)cc1. The maximum atomic E-state index is 13.3. The van der Waals surface area contributed by atoms with Crippen molar-refractivity contribution >= 4 is 0 Å². The summed E-state index contributed by atoms with van der Waals surface area (Å²) >= 11 is 0. The monoisotopic (exact) mass is 227 g/mol. The number of hydrogen-bond acceptors (Lipinski definition) is 2. The van der Waals surface area contributed by atoms with Crippen LogP contribution >= 0.6 is 0 Å². The summed E-state index contributed by atoms with van der Waals surface area (Å²) in [6, 6.07) is 13.5.